The van der Waals surface area contributed by atoms with Gasteiger partial charge in [-0.1, -0.05) is 146 Å². The van der Waals surface area contributed by atoms with Crippen LogP contribution in [-0.2, 0) is 0 Å². The zero-order valence-electron chi connectivity index (χ0n) is 32.1. The van der Waals surface area contributed by atoms with Crippen LogP contribution in [0.5, 0.6) is 0 Å². The summed E-state index contributed by atoms with van der Waals surface area (Å²) in [6.45, 7) is 0. The molecule has 278 valence electrons. The van der Waals surface area contributed by atoms with Gasteiger partial charge in [-0.3, -0.25) is 0 Å². The van der Waals surface area contributed by atoms with Crippen LogP contribution in [0.25, 0.3) is 132 Å². The van der Waals surface area contributed by atoms with Crippen molar-refractivity contribution in [3.8, 4) is 45.3 Å². The second-order valence-electron chi connectivity index (χ2n) is 15.5. The van der Waals surface area contributed by atoms with Gasteiger partial charge >= 0.3 is 0 Å². The molecule has 0 amide bonds. The van der Waals surface area contributed by atoms with Crippen LogP contribution in [0.15, 0.2) is 197 Å². The van der Waals surface area contributed by atoms with Crippen LogP contribution >= 0.6 is 0 Å². The Bertz CT molecular complexity index is 3900. The minimum absolute atomic E-state index is 0.602. The van der Waals surface area contributed by atoms with Crippen molar-refractivity contribution in [3.63, 3.8) is 0 Å². The van der Waals surface area contributed by atoms with Crippen molar-refractivity contribution < 1.29 is 8.83 Å². The molecule has 0 N–H and O–H groups in total. The first-order valence-electron chi connectivity index (χ1n) is 20.2. The Balaban J connectivity index is 1.02. The van der Waals surface area contributed by atoms with E-state index in [1.807, 2.05) is 60.7 Å². The molecule has 5 heteroatoms. The minimum atomic E-state index is 0.602. The summed E-state index contributed by atoms with van der Waals surface area (Å²) in [4.78, 5) is 15.3. The fraction of sp³-hybridized carbons (Fsp3) is 0. The SMILES string of the molecule is c1ccc(-c2nc(-c3ccc4c(-c5cc6ccc7ccccc7c6c6oc7c8ccccc8ccc7c56)cccc4c3)nc(-c3ccc4oc5ccccc5c4c3)n2)cc1. The first-order valence-corrected chi connectivity index (χ1v) is 20.2. The zero-order valence-corrected chi connectivity index (χ0v) is 32.1. The lowest BCUT2D eigenvalue weighted by molar-refractivity contribution is 0.669. The van der Waals surface area contributed by atoms with Gasteiger partial charge in [0.25, 0.3) is 0 Å². The second-order valence-corrected chi connectivity index (χ2v) is 15.5. The van der Waals surface area contributed by atoms with Gasteiger partial charge in [0.2, 0.25) is 0 Å². The van der Waals surface area contributed by atoms with Gasteiger partial charge in [-0.15, -0.1) is 0 Å². The first-order chi connectivity index (χ1) is 29.7. The smallest absolute Gasteiger partial charge is 0.164 e. The molecule has 0 saturated carbocycles. The van der Waals surface area contributed by atoms with E-state index in [1.54, 1.807) is 0 Å². The van der Waals surface area contributed by atoms with Crippen molar-refractivity contribution >= 4 is 87.0 Å². The van der Waals surface area contributed by atoms with E-state index >= 15 is 0 Å². The minimum Gasteiger partial charge on any atom is -0.456 e. The predicted octanol–water partition coefficient (Wildman–Crippen LogP) is 15.0. The highest BCUT2D eigenvalue weighted by Crippen LogP contribution is 2.46. The predicted molar refractivity (Wildman–Crippen MR) is 246 cm³/mol. The van der Waals surface area contributed by atoms with E-state index < -0.39 is 0 Å². The van der Waals surface area contributed by atoms with E-state index in [9.17, 15) is 0 Å². The van der Waals surface area contributed by atoms with E-state index in [4.69, 9.17) is 23.8 Å². The third kappa shape index (κ3) is 4.96. The van der Waals surface area contributed by atoms with Crippen LogP contribution < -0.4 is 0 Å². The molecule has 13 rings (SSSR count). The van der Waals surface area contributed by atoms with Crippen molar-refractivity contribution in [2.24, 2.45) is 0 Å². The van der Waals surface area contributed by atoms with E-state index in [0.29, 0.717) is 17.5 Å². The standard InChI is InChI=1S/C55H31N3O2/c1-2-13-34(14-3-1)53-56-54(58-55(57-53)38-25-28-48-45(31-38)43-18-8-9-20-47(43)59-48)37-24-26-39-35(29-37)15-10-19-42(39)46-30-36-22-21-32-11-4-6-16-40(32)49(36)52-50(46)44-27-23-33-12-5-7-17-41(33)51(44)60-52/h1-31H. The number of nitrogens with zero attached hydrogens (tertiary/aromatic N) is 3. The van der Waals surface area contributed by atoms with Crippen molar-refractivity contribution in [2.45, 2.75) is 0 Å². The Hall–Kier alpha value is -8.15. The average Bonchev–Trinajstić information content (AvgIpc) is 3.90. The van der Waals surface area contributed by atoms with Gasteiger partial charge in [0.15, 0.2) is 17.5 Å². The van der Waals surface area contributed by atoms with Crippen LogP contribution in [0.1, 0.15) is 0 Å². The van der Waals surface area contributed by atoms with Crippen molar-refractivity contribution in [3.05, 3.63) is 188 Å². The fourth-order valence-corrected chi connectivity index (χ4v) is 9.24. The number of benzene rings is 10. The van der Waals surface area contributed by atoms with Gasteiger partial charge in [-0.25, -0.2) is 15.0 Å². The molecule has 0 saturated heterocycles. The maximum Gasteiger partial charge on any atom is 0.164 e. The molecule has 0 atom stereocenters. The van der Waals surface area contributed by atoms with Gasteiger partial charge in [0.05, 0.1) is 0 Å². The van der Waals surface area contributed by atoms with Crippen molar-refractivity contribution in [1.82, 2.24) is 15.0 Å². The summed E-state index contributed by atoms with van der Waals surface area (Å²) >= 11 is 0. The quantitative estimate of drug-likeness (QED) is 0.167. The normalized spacial score (nSPS) is 12.0. The second kappa shape index (κ2) is 12.7. The molecule has 10 aromatic carbocycles. The molecule has 13 aromatic rings. The number of para-hydroxylation sites is 1. The molecule has 0 aliphatic heterocycles. The zero-order chi connectivity index (χ0) is 39.3. The number of aromatic nitrogens is 3. The van der Waals surface area contributed by atoms with E-state index in [0.717, 1.165) is 104 Å². The van der Waals surface area contributed by atoms with Crippen molar-refractivity contribution in [2.75, 3.05) is 0 Å². The molecular weight excluding hydrogens is 735 g/mol. The van der Waals surface area contributed by atoms with Crippen LogP contribution in [0.2, 0.25) is 0 Å². The van der Waals surface area contributed by atoms with Crippen molar-refractivity contribution in [1.29, 1.82) is 0 Å². The molecule has 0 unspecified atom stereocenters. The highest BCUT2D eigenvalue weighted by molar-refractivity contribution is 6.30. The Morgan fingerprint density at radius 3 is 1.75 bits per heavy atom. The summed E-state index contributed by atoms with van der Waals surface area (Å²) in [5.74, 6) is 1.83. The topological polar surface area (TPSA) is 65.0 Å². The first kappa shape index (κ1) is 32.9. The lowest BCUT2D eigenvalue weighted by atomic mass is 9.90. The van der Waals surface area contributed by atoms with Crippen LogP contribution in [0.4, 0.5) is 0 Å². The van der Waals surface area contributed by atoms with Gasteiger partial charge < -0.3 is 8.83 Å². The number of hydrogen-bond donors (Lipinski definition) is 0. The fourth-order valence-electron chi connectivity index (χ4n) is 9.24. The molecule has 60 heavy (non-hydrogen) atoms. The Morgan fingerprint density at radius 1 is 0.283 bits per heavy atom. The summed E-state index contributed by atoms with van der Waals surface area (Å²) < 4.78 is 13.2. The third-order valence-corrected chi connectivity index (χ3v) is 12.1. The van der Waals surface area contributed by atoms with Gasteiger partial charge in [0, 0.05) is 49.0 Å². The number of hydrogen-bond acceptors (Lipinski definition) is 5. The summed E-state index contributed by atoms with van der Waals surface area (Å²) in [7, 11) is 0. The molecule has 0 bridgehead atoms. The lowest BCUT2D eigenvalue weighted by Gasteiger charge is -2.13. The maximum absolute atomic E-state index is 7.05. The van der Waals surface area contributed by atoms with Gasteiger partial charge in [-0.2, -0.15) is 0 Å². The number of rotatable bonds is 4. The molecule has 0 spiro atoms. The van der Waals surface area contributed by atoms with Gasteiger partial charge in [0.1, 0.15) is 22.3 Å². The largest absolute Gasteiger partial charge is 0.456 e. The summed E-state index contributed by atoms with van der Waals surface area (Å²) in [6.07, 6.45) is 0. The Kier molecular flexibility index (Phi) is 6.95. The monoisotopic (exact) mass is 765 g/mol. The molecule has 0 radical (unpaired) electrons. The maximum atomic E-state index is 7.05. The molecule has 3 aromatic heterocycles. The Morgan fingerprint density at radius 2 is 0.900 bits per heavy atom. The lowest BCUT2D eigenvalue weighted by Crippen LogP contribution is -2.00. The highest BCUT2D eigenvalue weighted by Gasteiger charge is 2.21. The highest BCUT2D eigenvalue weighted by atomic mass is 16.3. The van der Waals surface area contributed by atoms with Crippen LogP contribution in [0.3, 0.4) is 0 Å². The molecule has 5 nitrogen and oxygen atoms in total. The molecule has 0 aliphatic carbocycles. The summed E-state index contributed by atoms with van der Waals surface area (Å²) in [5.41, 5.74) is 8.50. The number of furan rings is 2. The summed E-state index contributed by atoms with van der Waals surface area (Å²) in [6, 6.07) is 65.8. The van der Waals surface area contributed by atoms with E-state index in [-0.39, 0.29) is 0 Å². The van der Waals surface area contributed by atoms with Gasteiger partial charge in [-0.05, 0) is 85.9 Å². The van der Waals surface area contributed by atoms with Crippen LogP contribution in [-0.4, -0.2) is 15.0 Å². The average molecular weight is 766 g/mol. The van der Waals surface area contributed by atoms with E-state index in [1.165, 1.54) is 10.8 Å². The van der Waals surface area contributed by atoms with Crippen LogP contribution in [0, 0.1) is 0 Å². The number of fused-ring (bicyclic) bond motifs is 13. The Labute approximate surface area is 342 Å². The molecule has 0 fully saturated rings. The molecule has 3 heterocycles. The summed E-state index contributed by atoms with van der Waals surface area (Å²) in [5, 5.41) is 13.4. The van der Waals surface area contributed by atoms with E-state index in [2.05, 4.69) is 127 Å². The molecule has 0 aliphatic rings. The molecular formula is C55H31N3O2. The third-order valence-electron chi connectivity index (χ3n) is 12.1.